The van der Waals surface area contributed by atoms with Crippen LogP contribution >= 0.6 is 0 Å². The number of hydrazone groups is 1. The SMILES string of the molecule is CC=NN(C)C(CCC)c1ccc2ccccc2c1. The number of rotatable bonds is 5. The molecule has 0 N–H and O–H groups in total. The van der Waals surface area contributed by atoms with Gasteiger partial charge < -0.3 is 0 Å². The van der Waals surface area contributed by atoms with Crippen molar-refractivity contribution in [2.45, 2.75) is 32.7 Å². The second-order valence-electron chi connectivity index (χ2n) is 4.86. The molecule has 1 unspecified atom stereocenters. The predicted octanol–water partition coefficient (Wildman–Crippen LogP) is 4.62. The Morgan fingerprint density at radius 3 is 2.58 bits per heavy atom. The predicted molar refractivity (Wildman–Crippen MR) is 83.5 cm³/mol. The molecule has 0 radical (unpaired) electrons. The lowest BCUT2D eigenvalue weighted by Crippen LogP contribution is -2.19. The van der Waals surface area contributed by atoms with Crippen molar-refractivity contribution in [1.29, 1.82) is 0 Å². The first-order valence-electron chi connectivity index (χ1n) is 6.96. The number of benzene rings is 2. The van der Waals surface area contributed by atoms with Crippen molar-refractivity contribution in [1.82, 2.24) is 5.01 Å². The number of fused-ring (bicyclic) bond motifs is 1. The summed E-state index contributed by atoms with van der Waals surface area (Å²) in [5.41, 5.74) is 1.34. The maximum absolute atomic E-state index is 4.41. The van der Waals surface area contributed by atoms with E-state index in [0.717, 1.165) is 12.8 Å². The van der Waals surface area contributed by atoms with E-state index in [9.17, 15) is 0 Å². The van der Waals surface area contributed by atoms with E-state index >= 15 is 0 Å². The summed E-state index contributed by atoms with van der Waals surface area (Å²) in [6.45, 7) is 4.18. The van der Waals surface area contributed by atoms with Crippen LogP contribution in [0.3, 0.4) is 0 Å². The first kappa shape index (κ1) is 13.6. The number of hydrogen-bond acceptors (Lipinski definition) is 2. The van der Waals surface area contributed by atoms with E-state index in [1.54, 1.807) is 0 Å². The lowest BCUT2D eigenvalue weighted by Gasteiger charge is -2.26. The van der Waals surface area contributed by atoms with Crippen molar-refractivity contribution in [3.05, 3.63) is 48.0 Å². The van der Waals surface area contributed by atoms with E-state index in [-0.39, 0.29) is 0 Å². The number of hydrogen-bond donors (Lipinski definition) is 0. The molecule has 0 aliphatic rings. The van der Waals surface area contributed by atoms with Crippen LogP contribution in [-0.4, -0.2) is 18.3 Å². The first-order chi connectivity index (χ1) is 9.26. The summed E-state index contributed by atoms with van der Waals surface area (Å²) in [4.78, 5) is 0. The average Bonchev–Trinajstić information content (AvgIpc) is 2.44. The van der Waals surface area contributed by atoms with E-state index in [4.69, 9.17) is 0 Å². The van der Waals surface area contributed by atoms with Crippen LogP contribution in [0.2, 0.25) is 0 Å². The van der Waals surface area contributed by atoms with Gasteiger partial charge in [-0.3, -0.25) is 5.01 Å². The molecule has 0 amide bonds. The summed E-state index contributed by atoms with van der Waals surface area (Å²) in [5, 5.41) is 9.07. The zero-order valence-electron chi connectivity index (χ0n) is 12.0. The summed E-state index contributed by atoms with van der Waals surface area (Å²) in [6, 6.07) is 15.6. The van der Waals surface area contributed by atoms with Crippen molar-refractivity contribution >= 4 is 17.0 Å². The fraction of sp³-hybridized carbons (Fsp3) is 0.353. The Morgan fingerprint density at radius 2 is 1.89 bits per heavy atom. The molecular weight excluding hydrogens is 232 g/mol. The van der Waals surface area contributed by atoms with Gasteiger partial charge in [0, 0.05) is 13.3 Å². The monoisotopic (exact) mass is 254 g/mol. The van der Waals surface area contributed by atoms with E-state index < -0.39 is 0 Å². The molecule has 2 nitrogen and oxygen atoms in total. The van der Waals surface area contributed by atoms with Gasteiger partial charge >= 0.3 is 0 Å². The van der Waals surface area contributed by atoms with Crippen molar-refractivity contribution in [3.63, 3.8) is 0 Å². The molecule has 100 valence electrons. The summed E-state index contributed by atoms with van der Waals surface area (Å²) in [7, 11) is 2.05. The molecule has 0 fully saturated rings. The molecule has 19 heavy (non-hydrogen) atoms. The van der Waals surface area contributed by atoms with Crippen LogP contribution < -0.4 is 0 Å². The van der Waals surface area contributed by atoms with Crippen LogP contribution in [0.1, 0.15) is 38.3 Å². The van der Waals surface area contributed by atoms with Crippen LogP contribution in [-0.2, 0) is 0 Å². The zero-order valence-corrected chi connectivity index (χ0v) is 12.0. The molecule has 0 aliphatic carbocycles. The van der Waals surface area contributed by atoms with Crippen LogP contribution in [0.4, 0.5) is 0 Å². The second-order valence-corrected chi connectivity index (χ2v) is 4.86. The molecule has 1 atom stereocenters. The molecule has 2 aromatic carbocycles. The Hall–Kier alpha value is -1.83. The van der Waals surface area contributed by atoms with Gasteiger partial charge in [0.15, 0.2) is 0 Å². The molecule has 0 aromatic heterocycles. The molecule has 0 heterocycles. The minimum Gasteiger partial charge on any atom is -0.293 e. The third-order valence-electron chi connectivity index (χ3n) is 3.47. The topological polar surface area (TPSA) is 15.6 Å². The Kier molecular flexibility index (Phi) is 4.56. The minimum atomic E-state index is 0.353. The highest BCUT2D eigenvalue weighted by molar-refractivity contribution is 5.83. The van der Waals surface area contributed by atoms with Gasteiger partial charge in [0.05, 0.1) is 6.04 Å². The van der Waals surface area contributed by atoms with Gasteiger partial charge in [-0.15, -0.1) is 0 Å². The summed E-state index contributed by atoms with van der Waals surface area (Å²) in [5.74, 6) is 0. The third kappa shape index (κ3) is 3.14. The Labute approximate surface area is 115 Å². The van der Waals surface area contributed by atoms with Gasteiger partial charge in [-0.2, -0.15) is 5.10 Å². The fourth-order valence-corrected chi connectivity index (χ4v) is 2.52. The Balaban J connectivity index is 2.38. The van der Waals surface area contributed by atoms with Crippen molar-refractivity contribution in [3.8, 4) is 0 Å². The quantitative estimate of drug-likeness (QED) is 0.561. The van der Waals surface area contributed by atoms with Crippen LogP contribution in [0.5, 0.6) is 0 Å². The standard InChI is InChI=1S/C17H22N2/c1-4-8-17(19(3)18-5-2)16-12-11-14-9-6-7-10-15(14)13-16/h5-7,9-13,17H,4,8H2,1-3H3. The summed E-state index contributed by atoms with van der Waals surface area (Å²) >= 11 is 0. The van der Waals surface area contributed by atoms with Crippen LogP contribution in [0, 0.1) is 0 Å². The maximum atomic E-state index is 4.41. The van der Waals surface area contributed by atoms with Crippen LogP contribution in [0.15, 0.2) is 47.6 Å². The zero-order chi connectivity index (χ0) is 13.7. The molecule has 2 aromatic rings. The van der Waals surface area contributed by atoms with Gasteiger partial charge in [0.25, 0.3) is 0 Å². The van der Waals surface area contributed by atoms with Crippen molar-refractivity contribution < 1.29 is 0 Å². The Morgan fingerprint density at radius 1 is 1.16 bits per heavy atom. The van der Waals surface area contributed by atoms with E-state index in [0.29, 0.717) is 6.04 Å². The van der Waals surface area contributed by atoms with Gasteiger partial charge in [0.1, 0.15) is 0 Å². The lowest BCUT2D eigenvalue weighted by molar-refractivity contribution is 0.244. The molecule has 2 heteroatoms. The highest BCUT2D eigenvalue weighted by atomic mass is 15.4. The first-order valence-corrected chi connectivity index (χ1v) is 6.96. The third-order valence-corrected chi connectivity index (χ3v) is 3.47. The second kappa shape index (κ2) is 6.37. The molecule has 0 saturated carbocycles. The highest BCUT2D eigenvalue weighted by Crippen LogP contribution is 2.27. The van der Waals surface area contributed by atoms with E-state index in [2.05, 4.69) is 66.5 Å². The molecule has 0 saturated heterocycles. The van der Waals surface area contributed by atoms with Crippen molar-refractivity contribution in [2.24, 2.45) is 5.10 Å². The van der Waals surface area contributed by atoms with Gasteiger partial charge in [-0.25, -0.2) is 0 Å². The molecule has 0 aliphatic heterocycles. The number of nitrogens with zero attached hydrogens (tertiary/aromatic N) is 2. The smallest absolute Gasteiger partial charge is 0.0716 e. The largest absolute Gasteiger partial charge is 0.293 e. The minimum absolute atomic E-state index is 0.353. The highest BCUT2D eigenvalue weighted by Gasteiger charge is 2.14. The summed E-state index contributed by atoms with van der Waals surface area (Å²) in [6.07, 6.45) is 4.12. The normalized spacial score (nSPS) is 13.0. The lowest BCUT2D eigenvalue weighted by atomic mass is 9.98. The van der Waals surface area contributed by atoms with Gasteiger partial charge in [-0.05, 0) is 35.7 Å². The molecule has 2 rings (SSSR count). The van der Waals surface area contributed by atoms with E-state index in [1.807, 2.05) is 13.1 Å². The van der Waals surface area contributed by atoms with Crippen molar-refractivity contribution in [2.75, 3.05) is 7.05 Å². The fourth-order valence-electron chi connectivity index (χ4n) is 2.52. The Bertz CT molecular complexity index is 560. The van der Waals surface area contributed by atoms with Gasteiger partial charge in [0.2, 0.25) is 0 Å². The average molecular weight is 254 g/mol. The molecular formula is C17H22N2. The maximum Gasteiger partial charge on any atom is 0.0716 e. The van der Waals surface area contributed by atoms with E-state index in [1.165, 1.54) is 16.3 Å². The molecule has 0 bridgehead atoms. The molecule has 0 spiro atoms. The summed E-state index contributed by atoms with van der Waals surface area (Å²) < 4.78 is 0. The van der Waals surface area contributed by atoms with Gasteiger partial charge in [-0.1, -0.05) is 49.7 Å². The van der Waals surface area contributed by atoms with Crippen LogP contribution in [0.25, 0.3) is 10.8 Å².